The van der Waals surface area contributed by atoms with Gasteiger partial charge in [0, 0.05) is 11.4 Å². The fraction of sp³-hybridized carbons (Fsp3) is 0.138. The lowest BCUT2D eigenvalue weighted by Gasteiger charge is -2.22. The predicted octanol–water partition coefficient (Wildman–Crippen LogP) is 6.58. The highest BCUT2D eigenvalue weighted by molar-refractivity contribution is 7.99. The molecule has 0 saturated carbocycles. The van der Waals surface area contributed by atoms with Crippen molar-refractivity contribution in [1.82, 2.24) is 25.1 Å². The van der Waals surface area contributed by atoms with Gasteiger partial charge in [0.2, 0.25) is 0 Å². The average Bonchev–Trinajstić information content (AvgIpc) is 3.81. The number of halogens is 2. The number of nitrogens with zero attached hydrogens (tertiary/aromatic N) is 5. The molecule has 8 nitrogen and oxygen atoms in total. The van der Waals surface area contributed by atoms with E-state index in [1.807, 2.05) is 41.1 Å². The lowest BCUT2D eigenvalue weighted by Crippen LogP contribution is -2.28. The van der Waals surface area contributed by atoms with Gasteiger partial charge in [-0.25, -0.2) is 9.40 Å². The van der Waals surface area contributed by atoms with Crippen LogP contribution < -0.4 is 5.32 Å². The Morgan fingerprint density at radius 2 is 1.83 bits per heavy atom. The Bertz CT molecular complexity index is 1740. The molecule has 6 rings (SSSR count). The standard InChI is InChI=1S/C29H22ClFN6O2S3/c30-19-4-1-5-21(14-19)36-26(16-32-28(39)25-7-3-13-41-25)33-34-29(36)42-17-27(38)37-23(18-8-10-20(31)11-9-18)15-22(35-37)24-6-2-12-40-24/h1-14,23H,15-17H2,(H,32,39)/t23-/m0/s1. The number of benzene rings is 2. The number of thiophene rings is 2. The normalized spacial score (nSPS) is 14.7. The molecule has 2 aromatic carbocycles. The first kappa shape index (κ1) is 28.3. The van der Waals surface area contributed by atoms with Gasteiger partial charge in [0.15, 0.2) is 11.0 Å². The third kappa shape index (κ3) is 6.16. The number of rotatable bonds is 9. The van der Waals surface area contributed by atoms with Crippen LogP contribution in [0.3, 0.4) is 0 Å². The van der Waals surface area contributed by atoms with Gasteiger partial charge in [-0.2, -0.15) is 5.10 Å². The van der Waals surface area contributed by atoms with Crippen LogP contribution >= 0.6 is 46.0 Å². The summed E-state index contributed by atoms with van der Waals surface area (Å²) in [5.74, 6) is -0.267. The van der Waals surface area contributed by atoms with Crippen molar-refractivity contribution < 1.29 is 14.0 Å². The van der Waals surface area contributed by atoms with Crippen molar-refractivity contribution in [1.29, 1.82) is 0 Å². The summed E-state index contributed by atoms with van der Waals surface area (Å²) in [4.78, 5) is 27.8. The third-order valence-electron chi connectivity index (χ3n) is 6.47. The van der Waals surface area contributed by atoms with E-state index < -0.39 is 0 Å². The van der Waals surface area contributed by atoms with Crippen molar-refractivity contribution in [3.8, 4) is 5.69 Å². The lowest BCUT2D eigenvalue weighted by atomic mass is 10.0. The average molecular weight is 637 g/mol. The molecular formula is C29H22ClFN6O2S3. The molecule has 0 saturated heterocycles. The van der Waals surface area contributed by atoms with Gasteiger partial charge in [-0.3, -0.25) is 14.2 Å². The van der Waals surface area contributed by atoms with Gasteiger partial charge < -0.3 is 5.32 Å². The minimum absolute atomic E-state index is 0.0270. The van der Waals surface area contributed by atoms with Crippen molar-refractivity contribution in [3.05, 3.63) is 116 Å². The number of carbonyl (C=O) groups excluding carboxylic acids is 2. The molecule has 4 heterocycles. The van der Waals surface area contributed by atoms with Gasteiger partial charge in [0.1, 0.15) is 5.82 Å². The summed E-state index contributed by atoms with van der Waals surface area (Å²) in [6, 6.07) is 20.5. The predicted molar refractivity (Wildman–Crippen MR) is 164 cm³/mol. The smallest absolute Gasteiger partial charge is 0.261 e. The minimum Gasteiger partial charge on any atom is -0.344 e. The molecule has 212 valence electrons. The number of thioether (sulfide) groups is 1. The lowest BCUT2D eigenvalue weighted by molar-refractivity contribution is -0.130. The SMILES string of the molecule is O=C(NCc1nnc(SCC(=O)N2N=C(c3cccs3)C[C@H]2c2ccc(F)cc2)n1-c1cccc(Cl)c1)c1cccs1. The number of carbonyl (C=O) groups is 2. The number of nitrogens with one attached hydrogen (secondary N) is 1. The first-order chi connectivity index (χ1) is 20.5. The van der Waals surface area contributed by atoms with Gasteiger partial charge in [-0.1, -0.05) is 53.7 Å². The zero-order valence-electron chi connectivity index (χ0n) is 21.8. The van der Waals surface area contributed by atoms with Gasteiger partial charge >= 0.3 is 0 Å². The molecule has 0 bridgehead atoms. The van der Waals surface area contributed by atoms with E-state index in [-0.39, 0.29) is 36.0 Å². The van der Waals surface area contributed by atoms with Crippen LogP contribution in [0.5, 0.6) is 0 Å². The highest BCUT2D eigenvalue weighted by Crippen LogP contribution is 2.35. The zero-order chi connectivity index (χ0) is 29.1. The number of amides is 2. The molecule has 0 spiro atoms. The van der Waals surface area contributed by atoms with Crippen molar-refractivity contribution in [2.75, 3.05) is 5.75 Å². The van der Waals surface area contributed by atoms with E-state index in [0.717, 1.165) is 16.2 Å². The summed E-state index contributed by atoms with van der Waals surface area (Å²) in [5.41, 5.74) is 2.31. The molecule has 5 aromatic rings. The topological polar surface area (TPSA) is 92.5 Å². The Kier molecular flexibility index (Phi) is 8.47. The monoisotopic (exact) mass is 636 g/mol. The molecule has 1 aliphatic heterocycles. The second-order valence-corrected chi connectivity index (χ2v) is 12.5. The molecule has 0 fully saturated rings. The van der Waals surface area contributed by atoms with Crippen LogP contribution in [0.15, 0.2) is 93.8 Å². The van der Waals surface area contributed by atoms with Crippen LogP contribution in [0.1, 0.15) is 38.4 Å². The van der Waals surface area contributed by atoms with E-state index in [4.69, 9.17) is 16.7 Å². The maximum atomic E-state index is 13.7. The van der Waals surface area contributed by atoms with Crippen molar-refractivity contribution >= 4 is 63.6 Å². The maximum absolute atomic E-state index is 13.7. The second kappa shape index (κ2) is 12.6. The van der Waals surface area contributed by atoms with E-state index in [1.54, 1.807) is 46.2 Å². The van der Waals surface area contributed by atoms with E-state index in [0.29, 0.717) is 33.0 Å². The second-order valence-electron chi connectivity index (χ2n) is 9.20. The van der Waals surface area contributed by atoms with Crippen LogP contribution in [-0.4, -0.2) is 43.1 Å². The maximum Gasteiger partial charge on any atom is 0.261 e. The Balaban J connectivity index is 1.24. The quantitative estimate of drug-likeness (QED) is 0.185. The highest BCUT2D eigenvalue weighted by atomic mass is 35.5. The van der Waals surface area contributed by atoms with Crippen LogP contribution in [-0.2, 0) is 11.3 Å². The fourth-order valence-electron chi connectivity index (χ4n) is 4.51. The van der Waals surface area contributed by atoms with Crippen LogP contribution in [0.4, 0.5) is 4.39 Å². The molecule has 13 heteroatoms. The molecule has 1 atom stereocenters. The number of hydrogen-bond acceptors (Lipinski definition) is 8. The number of aromatic nitrogens is 3. The Morgan fingerprint density at radius 1 is 1.02 bits per heavy atom. The zero-order valence-corrected chi connectivity index (χ0v) is 25.0. The first-order valence-electron chi connectivity index (χ1n) is 12.8. The molecular weight excluding hydrogens is 615 g/mol. The van der Waals surface area contributed by atoms with Gasteiger partial charge in [-0.05, 0) is 58.8 Å². The highest BCUT2D eigenvalue weighted by Gasteiger charge is 2.33. The van der Waals surface area contributed by atoms with Crippen LogP contribution in [0.2, 0.25) is 5.02 Å². The summed E-state index contributed by atoms with van der Waals surface area (Å²) in [5, 5.41) is 22.5. The molecule has 42 heavy (non-hydrogen) atoms. The molecule has 0 aliphatic carbocycles. The van der Waals surface area contributed by atoms with Crippen LogP contribution in [0.25, 0.3) is 5.69 Å². The van der Waals surface area contributed by atoms with Gasteiger partial charge in [0.05, 0.1) is 39.5 Å². The molecule has 2 amide bonds. The Hall–Kier alpha value is -3.84. The van der Waals surface area contributed by atoms with E-state index in [1.165, 1.54) is 40.2 Å². The van der Waals surface area contributed by atoms with Crippen molar-refractivity contribution in [2.24, 2.45) is 5.10 Å². The van der Waals surface area contributed by atoms with E-state index in [2.05, 4.69) is 15.5 Å². The summed E-state index contributed by atoms with van der Waals surface area (Å²) in [6.07, 6.45) is 0.523. The molecule has 1 N–H and O–H groups in total. The molecule has 3 aromatic heterocycles. The first-order valence-corrected chi connectivity index (χ1v) is 15.9. The van der Waals surface area contributed by atoms with Gasteiger partial charge in [0.25, 0.3) is 11.8 Å². The molecule has 1 aliphatic rings. The fourth-order valence-corrected chi connectivity index (χ4v) is 6.87. The largest absolute Gasteiger partial charge is 0.344 e. The number of hydrogen-bond donors (Lipinski definition) is 1. The Labute approximate surface area is 257 Å². The van der Waals surface area contributed by atoms with E-state index in [9.17, 15) is 14.0 Å². The minimum atomic E-state index is -0.357. The molecule has 0 unspecified atom stereocenters. The third-order valence-corrected chi connectivity index (χ3v) is 9.41. The summed E-state index contributed by atoms with van der Waals surface area (Å²) < 4.78 is 15.4. The van der Waals surface area contributed by atoms with Crippen molar-refractivity contribution in [2.45, 2.75) is 24.2 Å². The molecule has 0 radical (unpaired) electrons. The van der Waals surface area contributed by atoms with Crippen LogP contribution in [0, 0.1) is 5.82 Å². The van der Waals surface area contributed by atoms with Crippen molar-refractivity contribution in [3.63, 3.8) is 0 Å². The summed E-state index contributed by atoms with van der Waals surface area (Å²) in [6.45, 7) is 0.123. The van der Waals surface area contributed by atoms with Gasteiger partial charge in [-0.15, -0.1) is 32.9 Å². The summed E-state index contributed by atoms with van der Waals surface area (Å²) >= 11 is 10.4. The van der Waals surface area contributed by atoms with E-state index >= 15 is 0 Å². The number of hydrazone groups is 1. The summed E-state index contributed by atoms with van der Waals surface area (Å²) in [7, 11) is 0. The Morgan fingerprint density at radius 3 is 2.57 bits per heavy atom.